The standard InChI is InChI=1S/C23H24FN3O3S/c1-14-20(31-19(25-14)13-15-5-7-16(24)8-6-15)21(28)26-17-9-11-18(12-10-17)27-22(29)30-23(2,3)4/h5-12H,13H2,1-4H3,(H,26,28)(H,27,29). The smallest absolute Gasteiger partial charge is 0.412 e. The summed E-state index contributed by atoms with van der Waals surface area (Å²) in [6.07, 6.45) is -0.0114. The van der Waals surface area contributed by atoms with Gasteiger partial charge in [0.15, 0.2) is 0 Å². The third kappa shape index (κ3) is 6.62. The summed E-state index contributed by atoms with van der Waals surface area (Å²) in [6, 6.07) is 13.0. The van der Waals surface area contributed by atoms with Gasteiger partial charge in [0.1, 0.15) is 16.3 Å². The van der Waals surface area contributed by atoms with Crippen LogP contribution in [0.3, 0.4) is 0 Å². The summed E-state index contributed by atoms with van der Waals surface area (Å²) in [5, 5.41) is 6.27. The number of aromatic nitrogens is 1. The molecule has 0 saturated carbocycles. The van der Waals surface area contributed by atoms with E-state index in [2.05, 4.69) is 15.6 Å². The molecule has 162 valence electrons. The fourth-order valence-corrected chi connectivity index (χ4v) is 3.76. The first-order valence-electron chi connectivity index (χ1n) is 9.71. The molecule has 0 aliphatic rings. The Balaban J connectivity index is 1.61. The van der Waals surface area contributed by atoms with Crippen molar-refractivity contribution in [2.24, 2.45) is 0 Å². The van der Waals surface area contributed by atoms with Crippen LogP contribution in [0.4, 0.5) is 20.6 Å². The van der Waals surface area contributed by atoms with E-state index in [1.54, 1.807) is 64.1 Å². The zero-order chi connectivity index (χ0) is 22.6. The van der Waals surface area contributed by atoms with Gasteiger partial charge in [0.05, 0.1) is 10.7 Å². The molecule has 31 heavy (non-hydrogen) atoms. The topological polar surface area (TPSA) is 80.3 Å². The lowest BCUT2D eigenvalue weighted by Gasteiger charge is -2.19. The number of ether oxygens (including phenoxy) is 1. The molecule has 3 rings (SSSR count). The second kappa shape index (κ2) is 9.26. The van der Waals surface area contributed by atoms with E-state index >= 15 is 0 Å². The molecule has 0 spiro atoms. The van der Waals surface area contributed by atoms with Crippen LogP contribution < -0.4 is 10.6 Å². The average Bonchev–Trinajstić information content (AvgIpc) is 3.04. The van der Waals surface area contributed by atoms with Gasteiger partial charge in [0.2, 0.25) is 0 Å². The first kappa shape index (κ1) is 22.4. The van der Waals surface area contributed by atoms with Gasteiger partial charge in [-0.3, -0.25) is 10.1 Å². The monoisotopic (exact) mass is 441 g/mol. The second-order valence-electron chi connectivity index (χ2n) is 7.98. The normalized spacial score (nSPS) is 11.1. The lowest BCUT2D eigenvalue weighted by Crippen LogP contribution is -2.27. The number of nitrogens with zero attached hydrogens (tertiary/aromatic N) is 1. The molecule has 1 heterocycles. The minimum Gasteiger partial charge on any atom is -0.444 e. The molecule has 0 fully saturated rings. The van der Waals surface area contributed by atoms with Crippen LogP contribution in [-0.4, -0.2) is 22.6 Å². The van der Waals surface area contributed by atoms with Gasteiger partial charge in [0, 0.05) is 17.8 Å². The Morgan fingerprint density at radius 1 is 1.00 bits per heavy atom. The van der Waals surface area contributed by atoms with Crippen LogP contribution in [0.5, 0.6) is 0 Å². The van der Waals surface area contributed by atoms with Crippen molar-refractivity contribution in [2.75, 3.05) is 10.6 Å². The number of anilines is 2. The number of aryl methyl sites for hydroxylation is 1. The first-order chi connectivity index (χ1) is 14.6. The number of hydrogen-bond donors (Lipinski definition) is 2. The minimum atomic E-state index is -0.583. The SMILES string of the molecule is Cc1nc(Cc2ccc(F)cc2)sc1C(=O)Nc1ccc(NC(=O)OC(C)(C)C)cc1. The summed E-state index contributed by atoms with van der Waals surface area (Å²) >= 11 is 1.31. The third-order valence-corrected chi connectivity index (χ3v) is 5.26. The Bertz CT molecular complexity index is 1070. The van der Waals surface area contributed by atoms with Gasteiger partial charge >= 0.3 is 6.09 Å². The summed E-state index contributed by atoms with van der Waals surface area (Å²) < 4.78 is 18.3. The summed E-state index contributed by atoms with van der Waals surface area (Å²) in [6.45, 7) is 7.15. The van der Waals surface area contributed by atoms with Crippen molar-refractivity contribution in [3.8, 4) is 0 Å². The number of hydrogen-bond acceptors (Lipinski definition) is 5. The van der Waals surface area contributed by atoms with E-state index in [9.17, 15) is 14.0 Å². The minimum absolute atomic E-state index is 0.256. The van der Waals surface area contributed by atoms with Gasteiger partial charge in [-0.05, 0) is 69.7 Å². The Morgan fingerprint density at radius 2 is 1.58 bits per heavy atom. The van der Waals surface area contributed by atoms with Crippen LogP contribution in [0.2, 0.25) is 0 Å². The zero-order valence-electron chi connectivity index (χ0n) is 17.8. The number of amides is 2. The van der Waals surface area contributed by atoms with Crippen LogP contribution in [0, 0.1) is 12.7 Å². The molecule has 0 unspecified atom stereocenters. The lowest BCUT2D eigenvalue weighted by atomic mass is 10.1. The lowest BCUT2D eigenvalue weighted by molar-refractivity contribution is 0.0635. The van der Waals surface area contributed by atoms with Crippen LogP contribution >= 0.6 is 11.3 Å². The summed E-state index contributed by atoms with van der Waals surface area (Å²) in [5.74, 6) is -0.542. The predicted octanol–water partition coefficient (Wildman–Crippen LogP) is 5.78. The number of carbonyl (C=O) groups excluding carboxylic acids is 2. The highest BCUT2D eigenvalue weighted by molar-refractivity contribution is 7.14. The number of nitrogens with one attached hydrogen (secondary N) is 2. The zero-order valence-corrected chi connectivity index (χ0v) is 18.6. The van der Waals surface area contributed by atoms with Crippen molar-refractivity contribution in [1.29, 1.82) is 0 Å². The highest BCUT2D eigenvalue weighted by atomic mass is 32.1. The van der Waals surface area contributed by atoms with Crippen LogP contribution in [0.25, 0.3) is 0 Å². The molecule has 6 nitrogen and oxygen atoms in total. The van der Waals surface area contributed by atoms with Crippen LogP contribution in [-0.2, 0) is 11.2 Å². The molecule has 8 heteroatoms. The molecule has 2 N–H and O–H groups in total. The maximum absolute atomic E-state index is 13.1. The van der Waals surface area contributed by atoms with E-state index in [4.69, 9.17) is 4.74 Å². The van der Waals surface area contributed by atoms with Crippen molar-refractivity contribution in [3.05, 3.63) is 75.5 Å². The molecule has 1 aromatic heterocycles. The molecular formula is C23H24FN3O3S. The van der Waals surface area contributed by atoms with E-state index in [1.807, 2.05) is 0 Å². The van der Waals surface area contributed by atoms with E-state index in [-0.39, 0.29) is 11.7 Å². The fourth-order valence-electron chi connectivity index (χ4n) is 2.76. The Hall–Kier alpha value is -3.26. The number of carbonyl (C=O) groups is 2. The Labute approximate surface area is 184 Å². The van der Waals surface area contributed by atoms with E-state index < -0.39 is 11.7 Å². The molecule has 0 radical (unpaired) electrons. The number of halogens is 1. The van der Waals surface area contributed by atoms with Crippen LogP contribution in [0.15, 0.2) is 48.5 Å². The molecule has 0 saturated heterocycles. The maximum Gasteiger partial charge on any atom is 0.412 e. The average molecular weight is 442 g/mol. The van der Waals surface area contributed by atoms with Crippen LogP contribution in [0.1, 0.15) is 46.7 Å². The maximum atomic E-state index is 13.1. The Kier molecular flexibility index (Phi) is 6.70. The second-order valence-corrected chi connectivity index (χ2v) is 9.07. The molecular weight excluding hydrogens is 417 g/mol. The van der Waals surface area contributed by atoms with E-state index in [0.717, 1.165) is 10.6 Å². The van der Waals surface area contributed by atoms with Gasteiger partial charge in [-0.2, -0.15) is 0 Å². The summed E-state index contributed by atoms with van der Waals surface area (Å²) in [5.41, 5.74) is 2.13. The van der Waals surface area contributed by atoms with Crippen molar-refractivity contribution in [3.63, 3.8) is 0 Å². The molecule has 0 aliphatic carbocycles. The number of thiazole rings is 1. The fraction of sp³-hybridized carbons (Fsp3) is 0.261. The van der Waals surface area contributed by atoms with E-state index in [0.29, 0.717) is 28.4 Å². The van der Waals surface area contributed by atoms with Crippen molar-refractivity contribution >= 4 is 34.7 Å². The molecule has 0 atom stereocenters. The van der Waals surface area contributed by atoms with Crippen molar-refractivity contribution < 1.29 is 18.7 Å². The van der Waals surface area contributed by atoms with Gasteiger partial charge in [-0.15, -0.1) is 11.3 Å². The largest absolute Gasteiger partial charge is 0.444 e. The van der Waals surface area contributed by atoms with Gasteiger partial charge < -0.3 is 10.1 Å². The number of rotatable bonds is 5. The number of benzene rings is 2. The highest BCUT2D eigenvalue weighted by Crippen LogP contribution is 2.23. The molecule has 2 amide bonds. The third-order valence-electron chi connectivity index (χ3n) is 4.10. The molecule has 0 bridgehead atoms. The first-order valence-corrected chi connectivity index (χ1v) is 10.5. The van der Waals surface area contributed by atoms with E-state index in [1.165, 1.54) is 23.5 Å². The Morgan fingerprint density at radius 3 is 2.16 bits per heavy atom. The predicted molar refractivity (Wildman–Crippen MR) is 120 cm³/mol. The van der Waals surface area contributed by atoms with Gasteiger partial charge in [-0.25, -0.2) is 14.2 Å². The van der Waals surface area contributed by atoms with Crippen molar-refractivity contribution in [1.82, 2.24) is 4.98 Å². The summed E-state index contributed by atoms with van der Waals surface area (Å²) in [7, 11) is 0. The highest BCUT2D eigenvalue weighted by Gasteiger charge is 2.17. The quantitative estimate of drug-likeness (QED) is 0.526. The van der Waals surface area contributed by atoms with Crippen molar-refractivity contribution in [2.45, 2.75) is 39.7 Å². The summed E-state index contributed by atoms with van der Waals surface area (Å²) in [4.78, 5) is 29.5. The molecule has 0 aliphatic heterocycles. The molecule has 2 aromatic carbocycles. The van der Waals surface area contributed by atoms with Gasteiger partial charge in [0.25, 0.3) is 5.91 Å². The van der Waals surface area contributed by atoms with Gasteiger partial charge in [-0.1, -0.05) is 12.1 Å². The molecule has 3 aromatic rings.